The first kappa shape index (κ1) is 14.2. The molecule has 1 N–H and O–H groups in total. The molecular weight excluding hydrogens is 260 g/mol. The number of hydrogen-bond acceptors (Lipinski definition) is 3. The van der Waals surface area contributed by atoms with E-state index in [2.05, 4.69) is 5.32 Å². The van der Waals surface area contributed by atoms with Crippen molar-refractivity contribution < 1.29 is 8.42 Å². The van der Waals surface area contributed by atoms with Crippen molar-refractivity contribution in [1.29, 1.82) is 0 Å². The molecule has 2 rings (SSSR count). The minimum atomic E-state index is -3.38. The van der Waals surface area contributed by atoms with Crippen LogP contribution in [-0.2, 0) is 16.6 Å². The highest BCUT2D eigenvalue weighted by Gasteiger charge is 2.26. The number of rotatable bonds is 4. The van der Waals surface area contributed by atoms with Crippen molar-refractivity contribution in [2.75, 3.05) is 20.1 Å². The molecule has 1 heterocycles. The third-order valence-corrected chi connectivity index (χ3v) is 5.41. The zero-order valence-corrected chi connectivity index (χ0v) is 12.2. The number of nitrogens with zero attached hydrogens (tertiary/aromatic N) is 1. The molecule has 0 saturated carbocycles. The van der Waals surface area contributed by atoms with Crippen LogP contribution in [0.25, 0.3) is 0 Å². The molecule has 0 amide bonds. The van der Waals surface area contributed by atoms with Crippen LogP contribution >= 0.6 is 0 Å². The fraction of sp³-hybridized carbons (Fsp3) is 0.429. The van der Waals surface area contributed by atoms with Crippen molar-refractivity contribution in [2.45, 2.75) is 24.8 Å². The molecule has 0 unspecified atom stereocenters. The van der Waals surface area contributed by atoms with E-state index in [9.17, 15) is 8.42 Å². The number of nitrogens with one attached hydrogen (secondary N) is 1. The zero-order chi connectivity index (χ0) is 13.9. The highest BCUT2D eigenvalue weighted by Crippen LogP contribution is 2.23. The lowest BCUT2D eigenvalue weighted by Gasteiger charge is -2.24. The van der Waals surface area contributed by atoms with E-state index in [1.165, 1.54) is 0 Å². The summed E-state index contributed by atoms with van der Waals surface area (Å²) in [5, 5.41) is 3.06. The van der Waals surface area contributed by atoms with Gasteiger partial charge in [0.05, 0.1) is 4.90 Å². The maximum atomic E-state index is 12.6. The maximum Gasteiger partial charge on any atom is 0.243 e. The Morgan fingerprint density at radius 1 is 1.32 bits per heavy atom. The summed E-state index contributed by atoms with van der Waals surface area (Å²) in [6, 6.07) is 5.47. The van der Waals surface area contributed by atoms with Crippen LogP contribution in [0.3, 0.4) is 0 Å². The zero-order valence-electron chi connectivity index (χ0n) is 11.4. The fourth-order valence-corrected chi connectivity index (χ4v) is 3.97. The van der Waals surface area contributed by atoms with Gasteiger partial charge in [-0.05, 0) is 37.6 Å². The predicted octanol–water partition coefficient (Wildman–Crippen LogP) is 1.67. The third-order valence-electron chi connectivity index (χ3n) is 3.40. The van der Waals surface area contributed by atoms with E-state index in [1.54, 1.807) is 10.4 Å². The van der Waals surface area contributed by atoms with Crippen molar-refractivity contribution in [3.63, 3.8) is 0 Å². The molecule has 1 aliphatic heterocycles. The van der Waals surface area contributed by atoms with Crippen LogP contribution in [0.1, 0.15) is 17.5 Å². The SMILES string of the molecule is CNCc1cccc(S(=O)(=O)N2CC=CCC2)c1C. The van der Waals surface area contributed by atoms with E-state index in [0.29, 0.717) is 24.5 Å². The van der Waals surface area contributed by atoms with Crippen molar-refractivity contribution in [1.82, 2.24) is 9.62 Å². The number of hydrogen-bond donors (Lipinski definition) is 1. The van der Waals surface area contributed by atoms with E-state index in [-0.39, 0.29) is 0 Å². The van der Waals surface area contributed by atoms with Crippen LogP contribution in [-0.4, -0.2) is 32.9 Å². The van der Waals surface area contributed by atoms with Crippen molar-refractivity contribution in [3.8, 4) is 0 Å². The summed E-state index contributed by atoms with van der Waals surface area (Å²) in [5.41, 5.74) is 1.86. The van der Waals surface area contributed by atoms with Crippen molar-refractivity contribution >= 4 is 10.0 Å². The second kappa shape index (κ2) is 5.86. The molecule has 0 spiro atoms. The van der Waals surface area contributed by atoms with Gasteiger partial charge in [-0.25, -0.2) is 8.42 Å². The molecule has 0 radical (unpaired) electrons. The van der Waals surface area contributed by atoms with Crippen LogP contribution in [0, 0.1) is 6.92 Å². The quantitative estimate of drug-likeness (QED) is 0.854. The summed E-state index contributed by atoms with van der Waals surface area (Å²) in [7, 11) is -1.52. The molecule has 0 bridgehead atoms. The van der Waals surface area contributed by atoms with E-state index >= 15 is 0 Å². The Morgan fingerprint density at radius 3 is 2.74 bits per heavy atom. The van der Waals surface area contributed by atoms with Gasteiger partial charge in [-0.15, -0.1) is 0 Å². The molecule has 0 aliphatic carbocycles. The van der Waals surface area contributed by atoms with Gasteiger partial charge in [-0.2, -0.15) is 4.31 Å². The topological polar surface area (TPSA) is 49.4 Å². The van der Waals surface area contributed by atoms with Crippen LogP contribution in [0.5, 0.6) is 0 Å². The molecule has 0 atom stereocenters. The van der Waals surface area contributed by atoms with E-state index in [1.807, 2.05) is 38.3 Å². The second-order valence-corrected chi connectivity index (χ2v) is 6.60. The lowest BCUT2D eigenvalue weighted by atomic mass is 10.1. The van der Waals surface area contributed by atoms with Gasteiger partial charge in [0.1, 0.15) is 0 Å². The summed E-state index contributed by atoms with van der Waals surface area (Å²) < 4.78 is 26.8. The summed E-state index contributed by atoms with van der Waals surface area (Å²) in [6.07, 6.45) is 4.72. The number of benzene rings is 1. The van der Waals surface area contributed by atoms with Gasteiger partial charge in [0.2, 0.25) is 10.0 Å². The highest BCUT2D eigenvalue weighted by atomic mass is 32.2. The minimum absolute atomic E-state index is 0.426. The predicted molar refractivity (Wildman–Crippen MR) is 76.5 cm³/mol. The Hall–Kier alpha value is -1.17. The molecule has 0 fully saturated rings. The van der Waals surface area contributed by atoms with Gasteiger partial charge in [-0.1, -0.05) is 24.3 Å². The summed E-state index contributed by atoms with van der Waals surface area (Å²) in [5.74, 6) is 0. The van der Waals surface area contributed by atoms with Gasteiger partial charge in [0, 0.05) is 19.6 Å². The average molecular weight is 280 g/mol. The summed E-state index contributed by atoms with van der Waals surface area (Å²) >= 11 is 0. The summed E-state index contributed by atoms with van der Waals surface area (Å²) in [6.45, 7) is 3.58. The van der Waals surface area contributed by atoms with Gasteiger partial charge in [0.25, 0.3) is 0 Å². The van der Waals surface area contributed by atoms with Crippen LogP contribution in [0.2, 0.25) is 0 Å². The van der Waals surface area contributed by atoms with Gasteiger partial charge in [-0.3, -0.25) is 0 Å². The smallest absolute Gasteiger partial charge is 0.243 e. The average Bonchev–Trinajstić information content (AvgIpc) is 2.42. The maximum absolute atomic E-state index is 12.6. The standard InChI is InChI=1S/C14H20N2O2S/c1-12-13(11-15-2)7-6-8-14(12)19(17,18)16-9-4-3-5-10-16/h3-4,6-8,15H,5,9-11H2,1-2H3. The Morgan fingerprint density at radius 2 is 2.11 bits per heavy atom. The van der Waals surface area contributed by atoms with Gasteiger partial charge >= 0.3 is 0 Å². The minimum Gasteiger partial charge on any atom is -0.316 e. The number of sulfonamides is 1. The lowest BCUT2D eigenvalue weighted by molar-refractivity contribution is 0.437. The van der Waals surface area contributed by atoms with Crippen LogP contribution in [0.4, 0.5) is 0 Å². The lowest BCUT2D eigenvalue weighted by Crippen LogP contribution is -2.34. The van der Waals surface area contributed by atoms with E-state index in [4.69, 9.17) is 0 Å². The van der Waals surface area contributed by atoms with Crippen molar-refractivity contribution in [2.24, 2.45) is 0 Å². The Kier molecular flexibility index (Phi) is 4.39. The Labute approximate surface area is 115 Å². The van der Waals surface area contributed by atoms with Crippen LogP contribution < -0.4 is 5.32 Å². The molecular formula is C14H20N2O2S. The first-order valence-electron chi connectivity index (χ1n) is 6.45. The third kappa shape index (κ3) is 2.88. The monoisotopic (exact) mass is 280 g/mol. The molecule has 0 saturated heterocycles. The molecule has 1 aliphatic rings. The molecule has 19 heavy (non-hydrogen) atoms. The molecule has 1 aromatic carbocycles. The molecule has 0 aromatic heterocycles. The van der Waals surface area contributed by atoms with Crippen LogP contribution in [0.15, 0.2) is 35.2 Å². The molecule has 5 heteroatoms. The molecule has 104 valence electrons. The highest BCUT2D eigenvalue weighted by molar-refractivity contribution is 7.89. The van der Waals surface area contributed by atoms with E-state index < -0.39 is 10.0 Å². The Balaban J connectivity index is 2.40. The van der Waals surface area contributed by atoms with Crippen molar-refractivity contribution in [3.05, 3.63) is 41.5 Å². The molecule has 1 aromatic rings. The second-order valence-electron chi connectivity index (χ2n) is 4.69. The largest absolute Gasteiger partial charge is 0.316 e. The van der Waals surface area contributed by atoms with E-state index in [0.717, 1.165) is 17.5 Å². The molecule has 4 nitrogen and oxygen atoms in total. The van der Waals surface area contributed by atoms with Gasteiger partial charge in [0.15, 0.2) is 0 Å². The first-order valence-corrected chi connectivity index (χ1v) is 7.89. The summed E-state index contributed by atoms with van der Waals surface area (Å²) in [4.78, 5) is 0.426. The fourth-order valence-electron chi connectivity index (χ4n) is 2.30. The Bertz CT molecular complexity index is 579. The van der Waals surface area contributed by atoms with Gasteiger partial charge < -0.3 is 5.32 Å². The normalized spacial score (nSPS) is 16.7. The first-order chi connectivity index (χ1) is 9.07.